The fourth-order valence-electron chi connectivity index (χ4n) is 18.5. The lowest BCUT2D eigenvalue weighted by Gasteiger charge is -2.43. The second-order valence-electron chi connectivity index (χ2n) is 36.3. The zero-order chi connectivity index (χ0) is 103. The first kappa shape index (κ1) is 103. The minimum Gasteiger partial charge on any atom is -0.465 e. The molecule has 8 aromatic carbocycles. The highest BCUT2D eigenvalue weighted by Gasteiger charge is 2.54. The lowest BCUT2D eigenvalue weighted by atomic mass is 9.74. The van der Waals surface area contributed by atoms with Crippen LogP contribution >= 0.6 is 11.3 Å². The maximum Gasteiger partial charge on any atom is 0.349 e. The Hall–Kier alpha value is -16.7. The van der Waals surface area contributed by atoms with E-state index in [0.29, 0.717) is 72.9 Å². The number of pyridine rings is 3. The van der Waals surface area contributed by atoms with Gasteiger partial charge < -0.3 is 38.7 Å². The van der Waals surface area contributed by atoms with E-state index in [4.69, 9.17) is 48.7 Å². The number of likely N-dealkylation sites (N-methyl/N-ethyl adjacent to an activating group) is 2. The summed E-state index contributed by atoms with van der Waals surface area (Å²) in [4.78, 5) is 132. The SMILES string of the molecule is CN1C(=O)C(C)(c2ccnc(-c3cccc(C#N)c3)c2)N=C1N.CN1C(=O)[C@H](c2ccc(C3CC3)cc2)[C@@](C)(c2ccnc(-c3cc(F)cc(C#N)c3)c2)N=C1N.COC(=O)c1sccc1S(=O)(=O)N1CCCC([C@]2(C)CC(=O)N(C)C(N)=N2)C1.NC1=NC(c2ccccc2)(c2ccccc2)C(=O)N1CCCCNC(=O)Cc1cccnc1.NC1=NC(c2ccccc2)(c2ccccc2)C(=O)N1Cc1ccc(F)cc1. The number of rotatable bonds is 23. The van der Waals surface area contributed by atoms with Crippen LogP contribution in [-0.2, 0) is 78.6 Å². The van der Waals surface area contributed by atoms with Gasteiger partial charge in [-0.05, 0) is 211 Å². The number of guanidine groups is 5. The van der Waals surface area contributed by atoms with Crippen LogP contribution < -0.4 is 34.0 Å². The monoisotopic (exact) mass is 1990 g/mol. The summed E-state index contributed by atoms with van der Waals surface area (Å²) in [5, 5.41) is 22.7. The first-order chi connectivity index (χ1) is 69.6. The van der Waals surface area contributed by atoms with E-state index in [1.165, 1.54) is 79.8 Å². The van der Waals surface area contributed by atoms with Crippen molar-refractivity contribution < 1.29 is 55.5 Å². The maximum absolute atomic E-state index is 14.1. The molecular formula is C109H108F2N22O10S2. The Balaban J connectivity index is 0.000000137. The zero-order valence-electron chi connectivity index (χ0n) is 80.8. The number of carbonyl (C=O) groups is 7. The number of carbonyl (C=O) groups excluding carboxylic acids is 7. The number of halogens is 2. The van der Waals surface area contributed by atoms with Gasteiger partial charge in [-0.15, -0.1) is 11.3 Å². The summed E-state index contributed by atoms with van der Waals surface area (Å²) in [6.07, 6.45) is 12.3. The Morgan fingerprint density at radius 1 is 0.531 bits per heavy atom. The van der Waals surface area contributed by atoms with Gasteiger partial charge in [0.05, 0.1) is 72.6 Å². The van der Waals surface area contributed by atoms with E-state index < -0.39 is 55.4 Å². The van der Waals surface area contributed by atoms with Crippen LogP contribution in [0.5, 0.6) is 0 Å². The number of sulfonamides is 1. The van der Waals surface area contributed by atoms with E-state index in [1.807, 2.05) is 178 Å². The number of nitrogens with zero attached hydrogens (tertiary/aromatic N) is 16. The van der Waals surface area contributed by atoms with Crippen molar-refractivity contribution in [2.45, 2.75) is 123 Å². The van der Waals surface area contributed by atoms with E-state index in [0.717, 1.165) is 74.2 Å². The Labute approximate surface area is 842 Å². The minimum absolute atomic E-state index is 0.0439. The van der Waals surface area contributed by atoms with E-state index >= 15 is 0 Å². The number of ether oxygens (including phenoxy) is 1. The second kappa shape index (κ2) is 43.8. The first-order valence-electron chi connectivity index (χ1n) is 46.8. The van der Waals surface area contributed by atoms with Crippen LogP contribution in [0.15, 0.2) is 315 Å². The zero-order valence-corrected chi connectivity index (χ0v) is 82.4. The van der Waals surface area contributed by atoms with Gasteiger partial charge in [-0.3, -0.25) is 68.2 Å². The smallest absolute Gasteiger partial charge is 0.349 e. The largest absolute Gasteiger partial charge is 0.465 e. The summed E-state index contributed by atoms with van der Waals surface area (Å²) in [6.45, 7) is 7.22. The molecule has 4 aromatic heterocycles. The third kappa shape index (κ3) is 21.9. The molecule has 2 fully saturated rings. The van der Waals surface area contributed by atoms with E-state index in [9.17, 15) is 56.0 Å². The molecule has 1 saturated carbocycles. The van der Waals surface area contributed by atoms with Gasteiger partial charge in [-0.2, -0.15) is 14.8 Å². The molecule has 7 aliphatic rings. The predicted octanol–water partition coefficient (Wildman–Crippen LogP) is 13.0. The number of amides is 6. The van der Waals surface area contributed by atoms with Gasteiger partial charge in [0.15, 0.2) is 46.4 Å². The number of thiophene rings is 1. The highest BCUT2D eigenvalue weighted by molar-refractivity contribution is 7.89. The number of unbranched alkanes of at least 4 members (excludes halogenated alkanes) is 1. The number of piperidine rings is 1. The molecule has 12 aromatic rings. The number of nitrogens with one attached hydrogen (secondary N) is 1. The average Bonchev–Trinajstić information content (AvgIpc) is 1.69. The molecule has 6 amide bonds. The molecule has 10 heterocycles. The summed E-state index contributed by atoms with van der Waals surface area (Å²) in [5.41, 5.74) is 36.6. The maximum atomic E-state index is 14.1. The van der Waals surface area contributed by atoms with Crippen molar-refractivity contribution in [2.75, 3.05) is 54.4 Å². The van der Waals surface area contributed by atoms with Gasteiger partial charge in [0.25, 0.3) is 17.7 Å². The molecule has 6 aliphatic heterocycles. The molecule has 1 saturated heterocycles. The summed E-state index contributed by atoms with van der Waals surface area (Å²) in [7, 11) is 2.15. The Morgan fingerprint density at radius 3 is 1.66 bits per heavy atom. The molecule has 11 N–H and O–H groups in total. The average molecular weight is 1990 g/mol. The number of hydrogen-bond acceptors (Lipinski definition) is 26. The normalized spacial score (nSPS) is 19.9. The van der Waals surface area contributed by atoms with Crippen molar-refractivity contribution in [3.05, 3.63) is 368 Å². The van der Waals surface area contributed by atoms with Crippen LogP contribution in [-0.4, -0.2) is 183 Å². The van der Waals surface area contributed by atoms with Crippen LogP contribution in [0.1, 0.15) is 154 Å². The fraction of sp³-hybridized carbons (Fsp3) is 0.257. The lowest BCUT2D eigenvalue weighted by molar-refractivity contribution is -0.131. The Kier molecular flexibility index (Phi) is 31.0. The van der Waals surface area contributed by atoms with Crippen molar-refractivity contribution in [1.82, 2.24) is 49.1 Å². The van der Waals surface area contributed by atoms with E-state index in [-0.39, 0.29) is 112 Å². The minimum atomic E-state index is -3.87. The molecule has 0 radical (unpaired) electrons. The number of nitrogens with two attached hydrogens (primary N) is 5. The summed E-state index contributed by atoms with van der Waals surface area (Å²) < 4.78 is 59.7. The van der Waals surface area contributed by atoms with Gasteiger partial charge >= 0.3 is 5.97 Å². The van der Waals surface area contributed by atoms with Crippen LogP contribution in [0.3, 0.4) is 0 Å². The van der Waals surface area contributed by atoms with Crippen LogP contribution in [0.25, 0.3) is 22.5 Å². The van der Waals surface area contributed by atoms with Crippen molar-refractivity contribution in [3.8, 4) is 34.7 Å². The molecule has 1 aliphatic carbocycles. The third-order valence-corrected chi connectivity index (χ3v) is 29.7. The first-order valence-corrected chi connectivity index (χ1v) is 49.1. The van der Waals surface area contributed by atoms with Gasteiger partial charge in [0.2, 0.25) is 27.7 Å². The molecular weight excluding hydrogens is 1880 g/mol. The highest BCUT2D eigenvalue weighted by Crippen LogP contribution is 2.48. The molecule has 0 bridgehead atoms. The van der Waals surface area contributed by atoms with Gasteiger partial charge in [0, 0.05) is 83.2 Å². The van der Waals surface area contributed by atoms with Gasteiger partial charge in [-0.1, -0.05) is 176 Å². The van der Waals surface area contributed by atoms with Gasteiger partial charge in [0.1, 0.15) is 26.9 Å². The van der Waals surface area contributed by atoms with Crippen molar-refractivity contribution in [3.63, 3.8) is 0 Å². The predicted molar refractivity (Wildman–Crippen MR) is 547 cm³/mol. The molecule has 32 nitrogen and oxygen atoms in total. The molecule has 5 atom stereocenters. The molecule has 2 unspecified atom stereocenters. The lowest BCUT2D eigenvalue weighted by Crippen LogP contribution is -2.54. The fourth-order valence-corrected chi connectivity index (χ4v) is 21.3. The second-order valence-corrected chi connectivity index (χ2v) is 39.2. The number of benzene rings is 8. The summed E-state index contributed by atoms with van der Waals surface area (Å²) in [6, 6.07) is 79.7. The number of nitriles is 2. The van der Waals surface area contributed by atoms with E-state index in [2.05, 4.69) is 53.4 Å². The van der Waals surface area contributed by atoms with E-state index in [1.54, 1.807) is 118 Å². The molecule has 19 rings (SSSR count). The number of aliphatic imine (C=N–C) groups is 5. The van der Waals surface area contributed by atoms with Gasteiger partial charge in [-0.25, -0.2) is 47.0 Å². The number of aromatic nitrogens is 3. The quantitative estimate of drug-likeness (QED) is 0.0256. The molecule has 740 valence electrons. The standard InChI is InChI=1S/C27H24FN5O.C26H27N5O2.C22H18FN3O.C17H15N5O.C17H24N4O5S2/c1-27(21-9-10-31-23(14-21)20-11-16(15-29)12-22(28)13-20)24(25(34)33(2)26(30)32-27)19-7-5-18(6-8-19)17-3-4-17;27-25-30-26(21-11-3-1-4-12-21,22-13-5-2-6-14-22)24(33)31(25)17-8-7-16-29-23(32)18-20-10-9-15-28-19-20;23-19-13-11-16(12-14-19)15-26-20(27)22(25-21(26)24,17-7-3-1-4-8-17)18-9-5-2-6-10-18;1-17(15(23)22(2)16(19)21-17)13-6-7-20-14(9-13)12-5-3-4-11(8-12)10-18;1-17(9-13(22)20(2)16(18)19-17)11-5-4-7-21(10-11)28(24,25)12-6-8-27-14(12)15(23)26-3/h5-14,17,24H,3-4H2,1-2H3,(H2,30,32);1-6,9-15,19H,7-8,16-18H2,(H2,27,30)(H,29,32);1-14H,15H2,(H2,24,25);3-9H,1-2H3,(H2,19,21);6,8,11H,4-5,7,9-10H2,1-3H3,(H2,18,19)/t24-,27+;;;;11?,17-/m0...0/s1. The third-order valence-electron chi connectivity index (χ3n) is 26.8. The van der Waals surface area contributed by atoms with Crippen molar-refractivity contribution >= 4 is 92.6 Å². The molecule has 145 heavy (non-hydrogen) atoms. The highest BCUT2D eigenvalue weighted by atomic mass is 32.2. The number of methoxy groups -OCH3 is 1. The Bertz CT molecular complexity index is 7160. The Morgan fingerprint density at radius 2 is 1.09 bits per heavy atom. The topological polar surface area (TPSA) is 472 Å². The molecule has 36 heteroatoms. The summed E-state index contributed by atoms with van der Waals surface area (Å²) in [5.74, 6) is -1.71. The molecule has 0 spiro atoms. The van der Waals surface area contributed by atoms with Crippen molar-refractivity contribution in [2.24, 2.45) is 59.5 Å². The van der Waals surface area contributed by atoms with Crippen molar-refractivity contribution in [1.29, 1.82) is 10.5 Å². The number of esters is 1. The van der Waals surface area contributed by atoms with Crippen LogP contribution in [0.2, 0.25) is 0 Å². The summed E-state index contributed by atoms with van der Waals surface area (Å²) >= 11 is 1.03. The van der Waals surface area contributed by atoms with Crippen LogP contribution in [0, 0.1) is 40.2 Å². The number of hydrogen-bond donors (Lipinski definition) is 6. The van der Waals surface area contributed by atoms with Crippen LogP contribution in [0.4, 0.5) is 8.78 Å².